The zero-order valence-electron chi connectivity index (χ0n) is 9.49. The molecular weight excluding hydrogens is 234 g/mol. The number of nitro groups is 1. The Morgan fingerprint density at radius 3 is 2.89 bits per heavy atom. The first-order valence-electron chi connectivity index (χ1n) is 5.31. The summed E-state index contributed by atoms with van der Waals surface area (Å²) in [7, 11) is 0. The average Bonchev–Trinajstić information content (AvgIpc) is 2.87. The zero-order chi connectivity index (χ0) is 12.7. The molecule has 0 saturated carbocycles. The van der Waals surface area contributed by atoms with E-state index in [-0.39, 0.29) is 5.69 Å². The van der Waals surface area contributed by atoms with Gasteiger partial charge >= 0.3 is 0 Å². The van der Waals surface area contributed by atoms with Crippen LogP contribution in [0.4, 0.5) is 5.69 Å². The standard InChI is InChI=1S/C11H9N5O2/c1-7-6-10-12-13-11(15(10)14-7)8-4-2-3-5-9(8)16(17)18/h2-6,14H,1H3. The van der Waals surface area contributed by atoms with Crippen LogP contribution in [0.2, 0.25) is 0 Å². The Balaban J connectivity index is 2.29. The third kappa shape index (κ3) is 1.45. The highest BCUT2D eigenvalue weighted by Gasteiger charge is 2.19. The van der Waals surface area contributed by atoms with Gasteiger partial charge in [0.2, 0.25) is 0 Å². The number of aromatic amines is 1. The second kappa shape index (κ2) is 3.66. The molecule has 3 rings (SSSR count). The number of H-pyrrole nitrogens is 1. The summed E-state index contributed by atoms with van der Waals surface area (Å²) in [5.74, 6) is 0.436. The average molecular weight is 243 g/mol. The highest BCUT2D eigenvalue weighted by Crippen LogP contribution is 2.28. The quantitative estimate of drug-likeness (QED) is 0.550. The molecule has 0 aliphatic carbocycles. The van der Waals surface area contributed by atoms with Gasteiger partial charge in [-0.3, -0.25) is 15.2 Å². The molecule has 1 aromatic carbocycles. The van der Waals surface area contributed by atoms with E-state index in [1.807, 2.05) is 13.0 Å². The Morgan fingerprint density at radius 2 is 2.11 bits per heavy atom. The number of aryl methyl sites for hydroxylation is 1. The number of aromatic nitrogens is 4. The highest BCUT2D eigenvalue weighted by molar-refractivity contribution is 5.69. The van der Waals surface area contributed by atoms with Crippen LogP contribution < -0.4 is 0 Å². The van der Waals surface area contributed by atoms with Gasteiger partial charge in [0, 0.05) is 17.8 Å². The summed E-state index contributed by atoms with van der Waals surface area (Å²) >= 11 is 0. The molecule has 0 unspecified atom stereocenters. The fraction of sp³-hybridized carbons (Fsp3) is 0.0909. The minimum Gasteiger partial charge on any atom is -0.295 e. The Labute approximate surface area is 101 Å². The predicted octanol–water partition coefficient (Wildman–Crippen LogP) is 1.94. The Morgan fingerprint density at radius 1 is 1.33 bits per heavy atom. The minimum absolute atomic E-state index is 0.0130. The number of nitrogens with one attached hydrogen (secondary N) is 1. The van der Waals surface area contributed by atoms with Gasteiger partial charge in [-0.05, 0) is 13.0 Å². The summed E-state index contributed by atoms with van der Waals surface area (Å²) in [6.07, 6.45) is 0. The normalized spacial score (nSPS) is 10.9. The Kier molecular flexibility index (Phi) is 2.12. The highest BCUT2D eigenvalue weighted by atomic mass is 16.6. The largest absolute Gasteiger partial charge is 0.295 e. The number of para-hydroxylation sites is 1. The van der Waals surface area contributed by atoms with Crippen molar-refractivity contribution >= 4 is 11.3 Å². The Bertz CT molecular complexity index is 743. The maximum Gasteiger partial charge on any atom is 0.280 e. The van der Waals surface area contributed by atoms with Crippen molar-refractivity contribution in [2.45, 2.75) is 6.92 Å². The summed E-state index contributed by atoms with van der Waals surface area (Å²) in [5.41, 5.74) is 2.01. The van der Waals surface area contributed by atoms with Crippen molar-refractivity contribution in [3.63, 3.8) is 0 Å². The molecule has 3 aromatic rings. The lowest BCUT2D eigenvalue weighted by molar-refractivity contribution is -0.384. The maximum atomic E-state index is 11.0. The van der Waals surface area contributed by atoms with Crippen molar-refractivity contribution in [2.75, 3.05) is 0 Å². The van der Waals surface area contributed by atoms with E-state index in [2.05, 4.69) is 15.3 Å². The van der Waals surface area contributed by atoms with Crippen LogP contribution in [-0.4, -0.2) is 24.7 Å². The van der Waals surface area contributed by atoms with Crippen molar-refractivity contribution in [3.8, 4) is 11.4 Å². The molecule has 7 heteroatoms. The summed E-state index contributed by atoms with van der Waals surface area (Å²) in [6.45, 7) is 1.89. The second-order valence-corrected chi connectivity index (χ2v) is 3.93. The molecule has 0 bridgehead atoms. The van der Waals surface area contributed by atoms with Gasteiger partial charge in [0.15, 0.2) is 11.5 Å². The molecule has 0 aliphatic rings. The first-order valence-corrected chi connectivity index (χ1v) is 5.31. The van der Waals surface area contributed by atoms with Gasteiger partial charge in [0.25, 0.3) is 5.69 Å². The topological polar surface area (TPSA) is 89.1 Å². The number of nitrogens with zero attached hydrogens (tertiary/aromatic N) is 4. The molecule has 0 aliphatic heterocycles. The predicted molar refractivity (Wildman–Crippen MR) is 64.2 cm³/mol. The molecule has 90 valence electrons. The van der Waals surface area contributed by atoms with Crippen LogP contribution >= 0.6 is 0 Å². The molecule has 0 spiro atoms. The van der Waals surface area contributed by atoms with Crippen LogP contribution in [0.3, 0.4) is 0 Å². The van der Waals surface area contributed by atoms with Crippen LogP contribution in [0.15, 0.2) is 30.3 Å². The van der Waals surface area contributed by atoms with E-state index < -0.39 is 4.92 Å². The molecule has 0 amide bonds. The first kappa shape index (κ1) is 10.5. The lowest BCUT2D eigenvalue weighted by Gasteiger charge is -1.99. The van der Waals surface area contributed by atoms with Crippen molar-refractivity contribution in [1.82, 2.24) is 19.8 Å². The van der Waals surface area contributed by atoms with E-state index in [9.17, 15) is 10.1 Å². The lowest BCUT2D eigenvalue weighted by Crippen LogP contribution is -1.96. The van der Waals surface area contributed by atoms with E-state index in [0.717, 1.165) is 5.69 Å². The van der Waals surface area contributed by atoms with E-state index in [0.29, 0.717) is 17.0 Å². The SMILES string of the molecule is Cc1cc2nnc(-c3ccccc3[N+](=O)[O-])n2[nH]1. The van der Waals surface area contributed by atoms with Gasteiger partial charge < -0.3 is 0 Å². The minimum atomic E-state index is -0.424. The number of rotatable bonds is 2. The summed E-state index contributed by atoms with van der Waals surface area (Å²) in [5, 5.41) is 22.0. The van der Waals surface area contributed by atoms with Crippen molar-refractivity contribution in [2.24, 2.45) is 0 Å². The summed E-state index contributed by atoms with van der Waals surface area (Å²) in [6, 6.07) is 8.29. The number of hydrogen-bond donors (Lipinski definition) is 1. The van der Waals surface area contributed by atoms with Crippen molar-refractivity contribution < 1.29 is 4.92 Å². The monoisotopic (exact) mass is 243 g/mol. The van der Waals surface area contributed by atoms with Gasteiger partial charge in [0.05, 0.1) is 10.5 Å². The van der Waals surface area contributed by atoms with Crippen LogP contribution in [0.5, 0.6) is 0 Å². The van der Waals surface area contributed by atoms with Crippen LogP contribution in [0.25, 0.3) is 17.0 Å². The van der Waals surface area contributed by atoms with Gasteiger partial charge in [0.1, 0.15) is 0 Å². The van der Waals surface area contributed by atoms with Crippen LogP contribution in [-0.2, 0) is 0 Å². The number of benzene rings is 1. The molecular formula is C11H9N5O2. The fourth-order valence-corrected chi connectivity index (χ4v) is 1.90. The molecule has 18 heavy (non-hydrogen) atoms. The lowest BCUT2D eigenvalue weighted by atomic mass is 10.2. The van der Waals surface area contributed by atoms with E-state index in [1.165, 1.54) is 6.07 Å². The molecule has 1 N–H and O–H groups in total. The Hall–Kier alpha value is -2.70. The number of hydrogen-bond acceptors (Lipinski definition) is 4. The van der Waals surface area contributed by atoms with Crippen molar-refractivity contribution in [1.29, 1.82) is 0 Å². The first-order chi connectivity index (χ1) is 8.66. The van der Waals surface area contributed by atoms with Gasteiger partial charge in [-0.1, -0.05) is 12.1 Å². The van der Waals surface area contributed by atoms with Crippen molar-refractivity contribution in [3.05, 3.63) is 46.1 Å². The molecule has 7 nitrogen and oxygen atoms in total. The molecule has 2 heterocycles. The molecule has 0 saturated heterocycles. The van der Waals surface area contributed by atoms with Gasteiger partial charge in [-0.2, -0.15) is 0 Å². The molecule has 0 fully saturated rings. The van der Waals surface area contributed by atoms with Gasteiger partial charge in [-0.25, -0.2) is 4.52 Å². The molecule has 2 aromatic heterocycles. The van der Waals surface area contributed by atoms with Crippen LogP contribution in [0, 0.1) is 17.0 Å². The van der Waals surface area contributed by atoms with E-state index in [4.69, 9.17) is 0 Å². The van der Waals surface area contributed by atoms with Crippen LogP contribution in [0.1, 0.15) is 5.69 Å². The third-order valence-electron chi connectivity index (χ3n) is 2.66. The fourth-order valence-electron chi connectivity index (χ4n) is 1.90. The molecule has 0 radical (unpaired) electrons. The van der Waals surface area contributed by atoms with Gasteiger partial charge in [-0.15, -0.1) is 10.2 Å². The van der Waals surface area contributed by atoms with E-state index >= 15 is 0 Å². The maximum absolute atomic E-state index is 11.0. The third-order valence-corrected chi connectivity index (χ3v) is 2.66. The second-order valence-electron chi connectivity index (χ2n) is 3.93. The number of nitro benzene ring substituents is 1. The van der Waals surface area contributed by atoms with E-state index in [1.54, 1.807) is 22.7 Å². The smallest absolute Gasteiger partial charge is 0.280 e. The molecule has 0 atom stereocenters. The number of fused-ring (bicyclic) bond motifs is 1. The summed E-state index contributed by atoms with van der Waals surface area (Å²) < 4.78 is 1.64. The zero-order valence-corrected chi connectivity index (χ0v) is 9.49. The summed E-state index contributed by atoms with van der Waals surface area (Å²) in [4.78, 5) is 10.6.